The maximum absolute atomic E-state index is 13.6. The summed E-state index contributed by atoms with van der Waals surface area (Å²) in [5.74, 6) is -1.27. The third-order valence-corrected chi connectivity index (χ3v) is 3.77. The molecule has 1 aliphatic heterocycles. The van der Waals surface area contributed by atoms with E-state index in [1.165, 1.54) is 6.07 Å². The molecular formula is C13H13F2IN2O2. The van der Waals surface area contributed by atoms with Gasteiger partial charge in [-0.3, -0.25) is 14.0 Å². The molecule has 1 saturated heterocycles. The van der Waals surface area contributed by atoms with E-state index in [4.69, 9.17) is 0 Å². The number of benzene rings is 1. The Hall–Kier alpha value is -1.25. The third-order valence-electron chi connectivity index (χ3n) is 3.10. The number of hydrogen-bond acceptors (Lipinski definition) is 2. The number of nitrogens with one attached hydrogen (secondary N) is 2. The van der Waals surface area contributed by atoms with Crippen LogP contribution in [0.2, 0.25) is 0 Å². The van der Waals surface area contributed by atoms with Crippen LogP contribution in [0.1, 0.15) is 12.0 Å². The molecule has 2 rings (SSSR count). The zero-order valence-electron chi connectivity index (χ0n) is 10.5. The highest BCUT2D eigenvalue weighted by molar-refractivity contribution is 14.1. The van der Waals surface area contributed by atoms with E-state index in [0.717, 1.165) is 3.57 Å². The van der Waals surface area contributed by atoms with Crippen molar-refractivity contribution in [3.8, 4) is 0 Å². The van der Waals surface area contributed by atoms with Gasteiger partial charge in [-0.1, -0.05) is 0 Å². The Labute approximate surface area is 128 Å². The molecule has 0 aromatic heterocycles. The van der Waals surface area contributed by atoms with Crippen LogP contribution in [0.4, 0.5) is 8.78 Å². The molecule has 0 spiro atoms. The fourth-order valence-corrected chi connectivity index (χ4v) is 2.61. The fourth-order valence-electron chi connectivity index (χ4n) is 2.05. The number of piperazine rings is 1. The van der Waals surface area contributed by atoms with Gasteiger partial charge in [-0.15, -0.1) is 0 Å². The number of carbonyl (C=O) groups is 2. The van der Waals surface area contributed by atoms with Gasteiger partial charge in [0.25, 0.3) is 0 Å². The number of rotatable bonds is 4. The van der Waals surface area contributed by atoms with Crippen molar-refractivity contribution in [2.45, 2.75) is 24.9 Å². The minimum atomic E-state index is -0.843. The van der Waals surface area contributed by atoms with E-state index in [-0.39, 0.29) is 12.8 Å². The quantitative estimate of drug-likeness (QED) is 0.757. The minimum absolute atomic E-state index is 0.0537. The Morgan fingerprint density at radius 2 is 1.80 bits per heavy atom. The van der Waals surface area contributed by atoms with Crippen molar-refractivity contribution in [1.82, 2.24) is 10.6 Å². The van der Waals surface area contributed by atoms with Crippen LogP contribution in [0.3, 0.4) is 0 Å². The Kier molecular flexibility index (Phi) is 4.90. The van der Waals surface area contributed by atoms with Crippen molar-refractivity contribution in [2.75, 3.05) is 6.67 Å². The van der Waals surface area contributed by atoms with Crippen molar-refractivity contribution < 1.29 is 18.4 Å². The van der Waals surface area contributed by atoms with Crippen molar-refractivity contribution in [3.63, 3.8) is 0 Å². The van der Waals surface area contributed by atoms with Crippen molar-refractivity contribution in [3.05, 3.63) is 33.1 Å². The summed E-state index contributed by atoms with van der Waals surface area (Å²) in [6, 6.07) is 2.90. The van der Waals surface area contributed by atoms with E-state index >= 15 is 0 Å². The highest BCUT2D eigenvalue weighted by atomic mass is 127. The largest absolute Gasteiger partial charge is 0.342 e. The predicted octanol–water partition coefficient (Wildman–Crippen LogP) is 1.32. The summed E-state index contributed by atoms with van der Waals surface area (Å²) in [5, 5.41) is 4.97. The van der Waals surface area contributed by atoms with Crippen molar-refractivity contribution in [2.24, 2.45) is 0 Å². The molecule has 20 heavy (non-hydrogen) atoms. The van der Waals surface area contributed by atoms with Crippen LogP contribution in [0.5, 0.6) is 0 Å². The molecule has 1 aromatic rings. The first-order valence-electron chi connectivity index (χ1n) is 6.12. The molecule has 108 valence electrons. The van der Waals surface area contributed by atoms with Gasteiger partial charge in [0.2, 0.25) is 11.8 Å². The molecule has 1 fully saturated rings. The summed E-state index contributed by atoms with van der Waals surface area (Å²) in [6.45, 7) is -0.686. The maximum Gasteiger partial charge on any atom is 0.243 e. The van der Waals surface area contributed by atoms with E-state index < -0.39 is 36.4 Å². The number of carbonyl (C=O) groups excluding carboxylic acids is 2. The Morgan fingerprint density at radius 1 is 1.15 bits per heavy atom. The van der Waals surface area contributed by atoms with Gasteiger partial charge in [-0.2, -0.15) is 0 Å². The first kappa shape index (κ1) is 15.1. The average molecular weight is 394 g/mol. The van der Waals surface area contributed by atoms with Crippen LogP contribution in [0.15, 0.2) is 18.2 Å². The lowest BCUT2D eigenvalue weighted by atomic mass is 10.0. The molecule has 2 N–H and O–H groups in total. The van der Waals surface area contributed by atoms with E-state index in [1.807, 2.05) is 22.6 Å². The van der Waals surface area contributed by atoms with Crippen LogP contribution < -0.4 is 10.6 Å². The molecular weight excluding hydrogens is 381 g/mol. The van der Waals surface area contributed by atoms with Crippen LogP contribution in [0, 0.1) is 9.39 Å². The standard InChI is InChI=1S/C13H13F2IN2O2/c14-4-3-10-12(19)18-11(13(20)17-10)6-7-5-8(16)1-2-9(7)15/h1-2,5,10-11H,3-4,6H2,(H,17,20)(H,18,19). The van der Waals surface area contributed by atoms with Gasteiger partial charge in [-0.05, 0) is 46.4 Å². The Bertz CT molecular complexity index is 539. The monoisotopic (exact) mass is 394 g/mol. The van der Waals surface area contributed by atoms with Gasteiger partial charge in [0.15, 0.2) is 0 Å². The van der Waals surface area contributed by atoms with Crippen LogP contribution in [-0.2, 0) is 16.0 Å². The van der Waals surface area contributed by atoms with E-state index in [1.54, 1.807) is 12.1 Å². The van der Waals surface area contributed by atoms with E-state index in [9.17, 15) is 18.4 Å². The molecule has 2 amide bonds. The van der Waals surface area contributed by atoms with E-state index in [2.05, 4.69) is 10.6 Å². The smallest absolute Gasteiger partial charge is 0.243 e. The summed E-state index contributed by atoms with van der Waals surface area (Å²) >= 11 is 2.04. The summed E-state index contributed by atoms with van der Waals surface area (Å²) < 4.78 is 26.7. The van der Waals surface area contributed by atoms with Crippen molar-refractivity contribution in [1.29, 1.82) is 0 Å². The van der Waals surface area contributed by atoms with E-state index in [0.29, 0.717) is 5.56 Å². The summed E-state index contributed by atoms with van der Waals surface area (Å²) in [6.07, 6.45) is 0.0183. The van der Waals surface area contributed by atoms with Gasteiger partial charge in [0.1, 0.15) is 17.9 Å². The molecule has 4 nitrogen and oxygen atoms in total. The van der Waals surface area contributed by atoms with Gasteiger partial charge in [0, 0.05) is 16.4 Å². The topological polar surface area (TPSA) is 58.2 Å². The molecule has 0 bridgehead atoms. The second kappa shape index (κ2) is 6.47. The number of alkyl halides is 1. The van der Waals surface area contributed by atoms with Gasteiger partial charge in [-0.25, -0.2) is 4.39 Å². The summed E-state index contributed by atoms with van der Waals surface area (Å²) in [5.41, 5.74) is 0.362. The molecule has 2 atom stereocenters. The summed E-state index contributed by atoms with van der Waals surface area (Å²) in [7, 11) is 0. The maximum atomic E-state index is 13.6. The lowest BCUT2D eigenvalue weighted by Crippen LogP contribution is -2.62. The second-order valence-corrected chi connectivity index (χ2v) is 5.79. The van der Waals surface area contributed by atoms with Crippen LogP contribution in [-0.4, -0.2) is 30.6 Å². The summed E-state index contributed by atoms with van der Waals surface area (Å²) in [4.78, 5) is 23.5. The lowest BCUT2D eigenvalue weighted by molar-refractivity contribution is -0.137. The molecule has 2 unspecified atom stereocenters. The number of halogens is 3. The number of hydrogen-bond donors (Lipinski definition) is 2. The molecule has 0 aliphatic carbocycles. The SMILES string of the molecule is O=C1NC(Cc2cc(I)ccc2F)C(=O)NC1CCF. The zero-order valence-corrected chi connectivity index (χ0v) is 12.6. The lowest BCUT2D eigenvalue weighted by Gasteiger charge is -2.29. The molecule has 1 aromatic carbocycles. The minimum Gasteiger partial charge on any atom is -0.342 e. The van der Waals surface area contributed by atoms with Gasteiger partial charge >= 0.3 is 0 Å². The Morgan fingerprint density at radius 3 is 2.50 bits per heavy atom. The predicted molar refractivity (Wildman–Crippen MR) is 77.3 cm³/mol. The number of amides is 2. The second-order valence-electron chi connectivity index (χ2n) is 4.54. The van der Waals surface area contributed by atoms with Crippen molar-refractivity contribution >= 4 is 34.4 Å². The third kappa shape index (κ3) is 3.44. The first-order chi connectivity index (χ1) is 9.51. The molecule has 0 saturated carbocycles. The molecule has 1 heterocycles. The van der Waals surface area contributed by atoms with Gasteiger partial charge < -0.3 is 10.6 Å². The first-order valence-corrected chi connectivity index (χ1v) is 7.20. The van der Waals surface area contributed by atoms with Crippen LogP contribution in [0.25, 0.3) is 0 Å². The molecule has 7 heteroatoms. The Balaban J connectivity index is 2.09. The van der Waals surface area contributed by atoms with Crippen LogP contribution >= 0.6 is 22.6 Å². The molecule has 1 aliphatic rings. The fraction of sp³-hybridized carbons (Fsp3) is 0.385. The zero-order chi connectivity index (χ0) is 14.7. The highest BCUT2D eigenvalue weighted by Crippen LogP contribution is 2.15. The highest BCUT2D eigenvalue weighted by Gasteiger charge is 2.33. The molecule has 0 radical (unpaired) electrons. The normalized spacial score (nSPS) is 22.4. The van der Waals surface area contributed by atoms with Gasteiger partial charge in [0.05, 0.1) is 6.67 Å². The average Bonchev–Trinajstić information content (AvgIpc) is 2.40.